The van der Waals surface area contributed by atoms with Gasteiger partial charge in [0.1, 0.15) is 5.60 Å². The van der Waals surface area contributed by atoms with Gasteiger partial charge in [0.2, 0.25) is 0 Å². The van der Waals surface area contributed by atoms with Gasteiger partial charge < -0.3 is 19.9 Å². The van der Waals surface area contributed by atoms with Crippen molar-refractivity contribution in [2.24, 2.45) is 0 Å². The van der Waals surface area contributed by atoms with Gasteiger partial charge >= 0.3 is 5.97 Å². The third-order valence-electron chi connectivity index (χ3n) is 4.24. The number of carboxylic acid groups (broad SMARTS) is 1. The maximum absolute atomic E-state index is 11.5. The highest BCUT2D eigenvalue weighted by Gasteiger charge is 2.39. The summed E-state index contributed by atoms with van der Waals surface area (Å²) in [5.74, 6) is -0.539. The number of hydrogen-bond acceptors (Lipinski definition) is 6. The van der Waals surface area contributed by atoms with E-state index in [1.54, 1.807) is 7.11 Å². The largest absolute Gasteiger partial charge is 0.477 e. The number of carboxylic acids is 1. The maximum Gasteiger partial charge on any atom is 0.354 e. The molecule has 21 heavy (non-hydrogen) atoms. The average molecular weight is 293 g/mol. The summed E-state index contributed by atoms with van der Waals surface area (Å²) < 4.78 is 11.0. The molecule has 1 aromatic rings. The molecule has 1 fully saturated rings. The minimum absolute atomic E-state index is 0.111. The summed E-state index contributed by atoms with van der Waals surface area (Å²) in [6.45, 7) is 2.45. The SMILES string of the molecule is COC1(c2nc3c(c(C(=O)O)n2)CCNC3)CCOCC1. The standard InChI is InChI=1S/C14H19N3O4/c1-20-14(3-6-21-7-4-14)13-16-10-8-15-5-2-9(10)11(17-13)12(18)19/h15H,2-8H2,1H3,(H,18,19). The fraction of sp³-hybridized carbons (Fsp3) is 0.643. The molecule has 114 valence electrons. The van der Waals surface area contributed by atoms with E-state index in [1.807, 2.05) is 0 Å². The highest BCUT2D eigenvalue weighted by molar-refractivity contribution is 5.87. The summed E-state index contributed by atoms with van der Waals surface area (Å²) in [4.78, 5) is 20.5. The van der Waals surface area contributed by atoms with E-state index in [4.69, 9.17) is 9.47 Å². The molecule has 0 bridgehead atoms. The van der Waals surface area contributed by atoms with Crippen LogP contribution in [-0.4, -0.2) is 47.9 Å². The molecule has 0 aromatic carbocycles. The predicted molar refractivity (Wildman–Crippen MR) is 73.1 cm³/mol. The molecule has 0 aliphatic carbocycles. The third kappa shape index (κ3) is 2.52. The van der Waals surface area contributed by atoms with E-state index in [0.717, 1.165) is 17.8 Å². The van der Waals surface area contributed by atoms with E-state index >= 15 is 0 Å². The lowest BCUT2D eigenvalue weighted by Crippen LogP contribution is -2.39. The van der Waals surface area contributed by atoms with Crippen LogP contribution >= 0.6 is 0 Å². The molecule has 0 spiro atoms. The second-order valence-electron chi connectivity index (χ2n) is 5.36. The molecule has 0 atom stereocenters. The Hall–Kier alpha value is -1.57. The quantitative estimate of drug-likeness (QED) is 0.836. The fourth-order valence-corrected chi connectivity index (χ4v) is 2.96. The molecule has 7 nitrogen and oxygen atoms in total. The second kappa shape index (κ2) is 5.67. The predicted octanol–water partition coefficient (Wildman–Crippen LogP) is 0.473. The number of hydrogen-bond donors (Lipinski definition) is 2. The Bertz CT molecular complexity index is 555. The zero-order chi connectivity index (χ0) is 14.9. The van der Waals surface area contributed by atoms with Crippen LogP contribution in [0, 0.1) is 0 Å². The Morgan fingerprint density at radius 1 is 1.38 bits per heavy atom. The molecule has 0 saturated carbocycles. The van der Waals surface area contributed by atoms with Gasteiger partial charge in [-0.05, 0) is 13.0 Å². The summed E-state index contributed by atoms with van der Waals surface area (Å²) in [5.41, 5.74) is 0.976. The lowest BCUT2D eigenvalue weighted by Gasteiger charge is -2.35. The second-order valence-corrected chi connectivity index (χ2v) is 5.36. The zero-order valence-corrected chi connectivity index (χ0v) is 12.0. The molecule has 2 aliphatic heterocycles. The van der Waals surface area contributed by atoms with E-state index in [1.165, 1.54) is 0 Å². The van der Waals surface area contributed by atoms with Gasteiger partial charge in [-0.15, -0.1) is 0 Å². The Morgan fingerprint density at radius 3 is 2.81 bits per heavy atom. The molecule has 7 heteroatoms. The maximum atomic E-state index is 11.5. The lowest BCUT2D eigenvalue weighted by atomic mass is 9.92. The molecule has 1 saturated heterocycles. The van der Waals surface area contributed by atoms with Crippen molar-refractivity contribution in [3.63, 3.8) is 0 Å². The van der Waals surface area contributed by atoms with Crippen LogP contribution in [0.4, 0.5) is 0 Å². The van der Waals surface area contributed by atoms with Crippen LogP contribution in [0.3, 0.4) is 0 Å². The van der Waals surface area contributed by atoms with Gasteiger partial charge in [0.05, 0.1) is 5.69 Å². The number of methoxy groups -OCH3 is 1. The fourth-order valence-electron chi connectivity index (χ4n) is 2.96. The van der Waals surface area contributed by atoms with Crippen molar-refractivity contribution in [1.29, 1.82) is 0 Å². The number of nitrogens with one attached hydrogen (secondary N) is 1. The Balaban J connectivity index is 2.10. The van der Waals surface area contributed by atoms with Gasteiger partial charge in [-0.2, -0.15) is 0 Å². The van der Waals surface area contributed by atoms with Crippen LogP contribution in [-0.2, 0) is 28.0 Å². The molecule has 2 aliphatic rings. The van der Waals surface area contributed by atoms with E-state index < -0.39 is 11.6 Å². The molecule has 1 aromatic heterocycles. The van der Waals surface area contributed by atoms with Gasteiger partial charge in [-0.25, -0.2) is 14.8 Å². The minimum atomic E-state index is -1.00. The number of fused-ring (bicyclic) bond motifs is 1. The lowest BCUT2D eigenvalue weighted by molar-refractivity contribution is -0.100. The van der Waals surface area contributed by atoms with Crippen molar-refractivity contribution < 1.29 is 19.4 Å². The van der Waals surface area contributed by atoms with Crippen LogP contribution in [0.1, 0.15) is 40.4 Å². The van der Waals surface area contributed by atoms with Gasteiger partial charge in [0, 0.05) is 45.3 Å². The summed E-state index contributed by atoms with van der Waals surface area (Å²) >= 11 is 0. The molecular formula is C14H19N3O4. The Kier molecular flexibility index (Phi) is 3.88. The van der Waals surface area contributed by atoms with Crippen molar-refractivity contribution in [3.8, 4) is 0 Å². The molecule has 0 unspecified atom stereocenters. The summed E-state index contributed by atoms with van der Waals surface area (Å²) in [6.07, 6.45) is 1.91. The number of aromatic nitrogens is 2. The van der Waals surface area contributed by atoms with E-state index in [2.05, 4.69) is 15.3 Å². The first kappa shape index (κ1) is 14.4. The first-order valence-electron chi connectivity index (χ1n) is 7.13. The monoisotopic (exact) mass is 293 g/mol. The number of nitrogens with zero attached hydrogens (tertiary/aromatic N) is 2. The number of carbonyl (C=O) groups is 1. The van der Waals surface area contributed by atoms with Crippen molar-refractivity contribution >= 4 is 5.97 Å². The van der Waals surface area contributed by atoms with E-state index in [0.29, 0.717) is 44.8 Å². The Labute approximate surface area is 122 Å². The molecule has 2 N–H and O–H groups in total. The van der Waals surface area contributed by atoms with Crippen LogP contribution in [0.2, 0.25) is 0 Å². The molecule has 0 radical (unpaired) electrons. The summed E-state index contributed by atoms with van der Waals surface area (Å²) in [7, 11) is 1.62. The minimum Gasteiger partial charge on any atom is -0.477 e. The first-order valence-corrected chi connectivity index (χ1v) is 7.13. The topological polar surface area (TPSA) is 93.6 Å². The third-order valence-corrected chi connectivity index (χ3v) is 4.24. The zero-order valence-electron chi connectivity index (χ0n) is 12.0. The average Bonchev–Trinajstić information content (AvgIpc) is 2.54. The number of ether oxygens (including phenoxy) is 2. The normalized spacial score (nSPS) is 20.8. The van der Waals surface area contributed by atoms with Gasteiger partial charge in [-0.3, -0.25) is 0 Å². The van der Waals surface area contributed by atoms with Crippen LogP contribution in [0.5, 0.6) is 0 Å². The van der Waals surface area contributed by atoms with Gasteiger partial charge in [0.15, 0.2) is 11.5 Å². The number of rotatable bonds is 3. The van der Waals surface area contributed by atoms with Crippen molar-refractivity contribution in [3.05, 3.63) is 22.8 Å². The smallest absolute Gasteiger partial charge is 0.354 e. The van der Waals surface area contributed by atoms with E-state index in [-0.39, 0.29) is 5.69 Å². The molecular weight excluding hydrogens is 274 g/mol. The first-order chi connectivity index (χ1) is 10.2. The summed E-state index contributed by atoms with van der Waals surface area (Å²) in [6, 6.07) is 0. The number of aromatic carboxylic acids is 1. The molecule has 0 amide bonds. The van der Waals surface area contributed by atoms with Gasteiger partial charge in [0.25, 0.3) is 0 Å². The van der Waals surface area contributed by atoms with E-state index in [9.17, 15) is 9.90 Å². The van der Waals surface area contributed by atoms with Crippen molar-refractivity contribution in [2.75, 3.05) is 26.9 Å². The van der Waals surface area contributed by atoms with Crippen LogP contribution in [0.15, 0.2) is 0 Å². The van der Waals surface area contributed by atoms with Gasteiger partial charge in [-0.1, -0.05) is 0 Å². The molecule has 3 heterocycles. The summed E-state index contributed by atoms with van der Waals surface area (Å²) in [5, 5.41) is 12.7. The highest BCUT2D eigenvalue weighted by atomic mass is 16.5. The van der Waals surface area contributed by atoms with Crippen LogP contribution in [0.25, 0.3) is 0 Å². The van der Waals surface area contributed by atoms with Crippen LogP contribution < -0.4 is 5.32 Å². The highest BCUT2D eigenvalue weighted by Crippen LogP contribution is 2.34. The van der Waals surface area contributed by atoms with Crippen molar-refractivity contribution in [2.45, 2.75) is 31.4 Å². The molecule has 3 rings (SSSR count). The Morgan fingerprint density at radius 2 is 2.14 bits per heavy atom. The van der Waals surface area contributed by atoms with Crippen molar-refractivity contribution in [1.82, 2.24) is 15.3 Å².